The number of aromatic nitrogens is 2. The van der Waals surface area contributed by atoms with Crippen LogP contribution in [0.3, 0.4) is 0 Å². The molecule has 10 heteroatoms. The molecule has 1 aliphatic rings. The van der Waals surface area contributed by atoms with Gasteiger partial charge in [0, 0.05) is 31.1 Å². The predicted octanol–water partition coefficient (Wildman–Crippen LogP) is 4.29. The SMILES string of the molecule is COc1cc(OC)cc(-c2noc(C3CC(=O)N(Cc4ccc(C(F)(F)F)cc4)C3)n2)c1. The Morgan fingerprint density at radius 3 is 2.34 bits per heavy atom. The number of benzene rings is 2. The van der Waals surface area contributed by atoms with Crippen molar-refractivity contribution in [2.24, 2.45) is 0 Å². The molecule has 1 saturated heterocycles. The molecule has 32 heavy (non-hydrogen) atoms. The molecule has 0 radical (unpaired) electrons. The zero-order valence-corrected chi connectivity index (χ0v) is 17.3. The van der Waals surface area contributed by atoms with E-state index in [1.165, 1.54) is 26.4 Å². The van der Waals surface area contributed by atoms with Gasteiger partial charge >= 0.3 is 6.18 Å². The number of carbonyl (C=O) groups excluding carboxylic acids is 1. The first-order chi connectivity index (χ1) is 15.3. The average molecular weight is 447 g/mol. The summed E-state index contributed by atoms with van der Waals surface area (Å²) in [6.07, 6.45) is -4.21. The average Bonchev–Trinajstić information content (AvgIpc) is 3.40. The van der Waals surface area contributed by atoms with Gasteiger partial charge in [-0.15, -0.1) is 0 Å². The highest BCUT2D eigenvalue weighted by Gasteiger charge is 2.35. The van der Waals surface area contributed by atoms with E-state index in [-0.39, 0.29) is 24.8 Å². The van der Waals surface area contributed by atoms with Crippen molar-refractivity contribution >= 4 is 5.91 Å². The second kappa shape index (κ2) is 8.52. The molecule has 168 valence electrons. The quantitative estimate of drug-likeness (QED) is 0.561. The summed E-state index contributed by atoms with van der Waals surface area (Å²) in [5, 5.41) is 4.02. The van der Waals surface area contributed by atoms with Gasteiger partial charge in [0.2, 0.25) is 17.6 Å². The summed E-state index contributed by atoms with van der Waals surface area (Å²) < 4.78 is 54.1. The van der Waals surface area contributed by atoms with E-state index in [1.54, 1.807) is 23.1 Å². The number of ether oxygens (including phenoxy) is 2. The predicted molar refractivity (Wildman–Crippen MR) is 107 cm³/mol. The largest absolute Gasteiger partial charge is 0.497 e. The standard InChI is InChI=1S/C22H20F3N3O4/c1-30-17-7-14(8-18(10-17)31-2)20-26-21(32-27-20)15-9-19(29)28(12-15)11-13-3-5-16(6-4-13)22(23,24)25/h3-8,10,15H,9,11-12H2,1-2H3. The maximum absolute atomic E-state index is 12.7. The lowest BCUT2D eigenvalue weighted by molar-refractivity contribution is -0.137. The summed E-state index contributed by atoms with van der Waals surface area (Å²) in [4.78, 5) is 18.5. The Bertz CT molecular complexity index is 1090. The maximum Gasteiger partial charge on any atom is 0.416 e. The first-order valence-electron chi connectivity index (χ1n) is 9.78. The molecule has 0 bridgehead atoms. The van der Waals surface area contributed by atoms with Crippen molar-refractivity contribution in [3.05, 3.63) is 59.5 Å². The summed E-state index contributed by atoms with van der Waals surface area (Å²) >= 11 is 0. The number of rotatable bonds is 6. The Kier molecular flexibility index (Phi) is 5.77. The fraction of sp³-hybridized carbons (Fsp3) is 0.318. The van der Waals surface area contributed by atoms with Crippen molar-refractivity contribution in [1.82, 2.24) is 15.0 Å². The highest BCUT2D eigenvalue weighted by molar-refractivity contribution is 5.79. The molecule has 4 rings (SSSR count). The van der Waals surface area contributed by atoms with Crippen molar-refractivity contribution in [3.8, 4) is 22.9 Å². The van der Waals surface area contributed by atoms with Crippen molar-refractivity contribution in [2.75, 3.05) is 20.8 Å². The molecule has 1 fully saturated rings. The van der Waals surface area contributed by atoms with Crippen LogP contribution >= 0.6 is 0 Å². The summed E-state index contributed by atoms with van der Waals surface area (Å²) in [6.45, 7) is 0.546. The van der Waals surface area contributed by atoms with Crippen LogP contribution in [-0.4, -0.2) is 41.7 Å². The van der Waals surface area contributed by atoms with E-state index >= 15 is 0 Å². The molecule has 0 N–H and O–H groups in total. The fourth-order valence-corrected chi connectivity index (χ4v) is 3.56. The van der Waals surface area contributed by atoms with E-state index in [2.05, 4.69) is 10.1 Å². The number of amides is 1. The third kappa shape index (κ3) is 4.53. The summed E-state index contributed by atoms with van der Waals surface area (Å²) in [6, 6.07) is 10.00. The van der Waals surface area contributed by atoms with E-state index in [4.69, 9.17) is 14.0 Å². The van der Waals surface area contributed by atoms with Gasteiger partial charge in [0.1, 0.15) is 11.5 Å². The minimum absolute atomic E-state index is 0.127. The van der Waals surface area contributed by atoms with Crippen molar-refractivity contribution in [2.45, 2.75) is 25.1 Å². The number of halogens is 3. The van der Waals surface area contributed by atoms with Crippen LogP contribution < -0.4 is 9.47 Å². The lowest BCUT2D eigenvalue weighted by Gasteiger charge is -2.16. The number of carbonyl (C=O) groups is 1. The smallest absolute Gasteiger partial charge is 0.416 e. The molecule has 2 aromatic carbocycles. The fourth-order valence-electron chi connectivity index (χ4n) is 3.56. The third-order valence-electron chi connectivity index (χ3n) is 5.27. The Labute approximate surface area is 181 Å². The summed E-state index contributed by atoms with van der Waals surface area (Å²) in [7, 11) is 3.07. The minimum atomic E-state index is -4.39. The molecule has 0 spiro atoms. The molecule has 3 aromatic rings. The number of nitrogens with zero attached hydrogens (tertiary/aromatic N) is 3. The van der Waals surface area contributed by atoms with Gasteiger partial charge in [-0.2, -0.15) is 18.2 Å². The van der Waals surface area contributed by atoms with E-state index in [0.29, 0.717) is 40.9 Å². The third-order valence-corrected chi connectivity index (χ3v) is 5.27. The van der Waals surface area contributed by atoms with Gasteiger partial charge < -0.3 is 18.9 Å². The number of hydrogen-bond acceptors (Lipinski definition) is 6. The molecule has 0 aliphatic carbocycles. The molecule has 1 amide bonds. The Morgan fingerprint density at radius 2 is 1.75 bits per heavy atom. The number of hydrogen-bond donors (Lipinski definition) is 0. The van der Waals surface area contributed by atoms with Crippen molar-refractivity contribution in [3.63, 3.8) is 0 Å². The zero-order chi connectivity index (χ0) is 22.9. The van der Waals surface area contributed by atoms with E-state index < -0.39 is 11.7 Å². The second-order valence-electron chi connectivity index (χ2n) is 7.43. The van der Waals surface area contributed by atoms with Crippen LogP contribution in [0.5, 0.6) is 11.5 Å². The van der Waals surface area contributed by atoms with Crippen molar-refractivity contribution in [1.29, 1.82) is 0 Å². The van der Waals surface area contributed by atoms with Crippen LogP contribution in [-0.2, 0) is 17.5 Å². The molecule has 1 unspecified atom stereocenters. The summed E-state index contributed by atoms with van der Waals surface area (Å²) in [5.74, 6) is 1.38. The molecule has 2 heterocycles. The lowest BCUT2D eigenvalue weighted by atomic mass is 10.1. The highest BCUT2D eigenvalue weighted by atomic mass is 19.4. The maximum atomic E-state index is 12.7. The molecule has 1 aliphatic heterocycles. The van der Waals surface area contributed by atoms with Gasteiger partial charge in [0.05, 0.1) is 25.7 Å². The number of methoxy groups -OCH3 is 2. The summed E-state index contributed by atoms with van der Waals surface area (Å²) in [5.41, 5.74) is 0.531. The van der Waals surface area contributed by atoms with Crippen molar-refractivity contribution < 1.29 is 32.0 Å². The van der Waals surface area contributed by atoms with Gasteiger partial charge in [0.15, 0.2) is 0 Å². The van der Waals surface area contributed by atoms with Gasteiger partial charge in [-0.3, -0.25) is 4.79 Å². The van der Waals surface area contributed by atoms with Crippen LogP contribution in [0.25, 0.3) is 11.4 Å². The minimum Gasteiger partial charge on any atom is -0.497 e. The number of likely N-dealkylation sites (tertiary alicyclic amines) is 1. The molecule has 0 saturated carbocycles. The van der Waals surface area contributed by atoms with Gasteiger partial charge in [-0.05, 0) is 29.8 Å². The van der Waals surface area contributed by atoms with Gasteiger partial charge in [-0.1, -0.05) is 17.3 Å². The van der Waals surface area contributed by atoms with Crippen LogP contribution in [0, 0.1) is 0 Å². The van der Waals surface area contributed by atoms with Crippen LogP contribution in [0.4, 0.5) is 13.2 Å². The highest BCUT2D eigenvalue weighted by Crippen LogP contribution is 2.33. The molecular formula is C22H20F3N3O4. The van der Waals surface area contributed by atoms with Gasteiger partial charge in [0.25, 0.3) is 0 Å². The van der Waals surface area contributed by atoms with Crippen LogP contribution in [0.1, 0.15) is 29.4 Å². The molecule has 7 nitrogen and oxygen atoms in total. The Morgan fingerprint density at radius 1 is 1.09 bits per heavy atom. The normalized spacial score (nSPS) is 16.5. The molecule has 1 atom stereocenters. The first-order valence-corrected chi connectivity index (χ1v) is 9.78. The Balaban J connectivity index is 1.46. The zero-order valence-electron chi connectivity index (χ0n) is 17.3. The van der Waals surface area contributed by atoms with Crippen LogP contribution in [0.15, 0.2) is 47.0 Å². The Hall–Kier alpha value is -3.56. The molecule has 1 aromatic heterocycles. The van der Waals surface area contributed by atoms with E-state index in [0.717, 1.165) is 12.1 Å². The monoisotopic (exact) mass is 447 g/mol. The molecular weight excluding hydrogens is 427 g/mol. The van der Waals surface area contributed by atoms with Gasteiger partial charge in [-0.25, -0.2) is 0 Å². The van der Waals surface area contributed by atoms with E-state index in [1.807, 2.05) is 0 Å². The first kappa shape index (κ1) is 21.7. The number of alkyl halides is 3. The second-order valence-corrected chi connectivity index (χ2v) is 7.43. The lowest BCUT2D eigenvalue weighted by Crippen LogP contribution is -2.24. The van der Waals surface area contributed by atoms with Crippen LogP contribution in [0.2, 0.25) is 0 Å². The topological polar surface area (TPSA) is 77.7 Å². The van der Waals surface area contributed by atoms with E-state index in [9.17, 15) is 18.0 Å².